The van der Waals surface area contributed by atoms with Gasteiger partial charge in [0.15, 0.2) is 0 Å². The lowest BCUT2D eigenvalue weighted by Gasteiger charge is -2.26. The summed E-state index contributed by atoms with van der Waals surface area (Å²) in [5.41, 5.74) is 4.30. The highest BCUT2D eigenvalue weighted by Crippen LogP contribution is 2.29. The Bertz CT molecular complexity index is 354. The van der Waals surface area contributed by atoms with Gasteiger partial charge in [-0.2, -0.15) is 0 Å². The van der Waals surface area contributed by atoms with Gasteiger partial charge in [-0.15, -0.1) is 0 Å². The second kappa shape index (κ2) is 4.67. The predicted molar refractivity (Wildman–Crippen MR) is 68.2 cm³/mol. The number of benzene rings is 1. The van der Waals surface area contributed by atoms with E-state index in [1.54, 1.807) is 0 Å². The zero-order chi connectivity index (χ0) is 10.8. The number of rotatable bonds is 1. The Morgan fingerprint density at radius 2 is 2.07 bits per heavy atom. The molecule has 1 aromatic carbocycles. The molecule has 0 aromatic heterocycles. The maximum Gasteiger partial charge on any atom is 0.0323 e. The lowest BCUT2D eigenvalue weighted by atomic mass is 9.92. The zero-order valence-corrected chi connectivity index (χ0v) is 11.0. The standard InChI is InChI=1S/C13H18BrN/c1-9-7-11(14)8-12(10(9)2)13-5-3-4-6-15-13/h7-8,13,15H,3-6H2,1-2H3. The third-order valence-electron chi connectivity index (χ3n) is 3.36. The number of hydrogen-bond donors (Lipinski definition) is 1. The molecule has 0 radical (unpaired) electrons. The molecule has 15 heavy (non-hydrogen) atoms. The fraction of sp³-hybridized carbons (Fsp3) is 0.538. The van der Waals surface area contributed by atoms with Crippen LogP contribution in [-0.4, -0.2) is 6.54 Å². The molecule has 1 atom stereocenters. The summed E-state index contributed by atoms with van der Waals surface area (Å²) in [6.07, 6.45) is 3.95. The molecule has 1 aliphatic heterocycles. The zero-order valence-electron chi connectivity index (χ0n) is 9.44. The van der Waals surface area contributed by atoms with E-state index in [1.807, 2.05) is 0 Å². The SMILES string of the molecule is Cc1cc(Br)cc(C2CCCCN2)c1C. The molecular formula is C13H18BrN. The van der Waals surface area contributed by atoms with E-state index < -0.39 is 0 Å². The van der Waals surface area contributed by atoms with Crippen molar-refractivity contribution in [2.24, 2.45) is 0 Å². The molecule has 0 saturated carbocycles. The van der Waals surface area contributed by atoms with Crippen molar-refractivity contribution in [1.82, 2.24) is 5.32 Å². The van der Waals surface area contributed by atoms with Crippen molar-refractivity contribution in [3.8, 4) is 0 Å². The van der Waals surface area contributed by atoms with Crippen LogP contribution in [0.25, 0.3) is 0 Å². The Balaban J connectivity index is 2.33. The van der Waals surface area contributed by atoms with E-state index in [9.17, 15) is 0 Å². The molecule has 0 amide bonds. The van der Waals surface area contributed by atoms with Gasteiger partial charge in [0.25, 0.3) is 0 Å². The average molecular weight is 268 g/mol. The summed E-state index contributed by atoms with van der Waals surface area (Å²) in [6.45, 7) is 5.58. The van der Waals surface area contributed by atoms with Crippen LogP contribution in [0.2, 0.25) is 0 Å². The third-order valence-corrected chi connectivity index (χ3v) is 3.82. The largest absolute Gasteiger partial charge is 0.310 e. The second-order valence-corrected chi connectivity index (χ2v) is 5.36. The van der Waals surface area contributed by atoms with Crippen molar-refractivity contribution in [2.75, 3.05) is 6.54 Å². The van der Waals surface area contributed by atoms with Crippen molar-refractivity contribution < 1.29 is 0 Å². The smallest absolute Gasteiger partial charge is 0.0323 e. The van der Waals surface area contributed by atoms with Crippen LogP contribution in [0.1, 0.15) is 42.0 Å². The highest BCUT2D eigenvalue weighted by Gasteiger charge is 2.17. The van der Waals surface area contributed by atoms with E-state index >= 15 is 0 Å². The number of aryl methyl sites for hydroxylation is 1. The number of piperidine rings is 1. The Morgan fingerprint density at radius 3 is 2.73 bits per heavy atom. The van der Waals surface area contributed by atoms with E-state index in [-0.39, 0.29) is 0 Å². The summed E-state index contributed by atoms with van der Waals surface area (Å²) in [4.78, 5) is 0. The van der Waals surface area contributed by atoms with Gasteiger partial charge in [-0.25, -0.2) is 0 Å². The van der Waals surface area contributed by atoms with Gasteiger partial charge in [-0.3, -0.25) is 0 Å². The fourth-order valence-electron chi connectivity index (χ4n) is 2.32. The predicted octanol–water partition coefficient (Wildman–Crippen LogP) is 3.88. The fourth-order valence-corrected chi connectivity index (χ4v) is 2.91. The average Bonchev–Trinajstić information content (AvgIpc) is 2.24. The highest BCUT2D eigenvalue weighted by molar-refractivity contribution is 9.10. The van der Waals surface area contributed by atoms with E-state index in [0.717, 1.165) is 6.54 Å². The van der Waals surface area contributed by atoms with Crippen LogP contribution < -0.4 is 5.32 Å². The Morgan fingerprint density at radius 1 is 1.27 bits per heavy atom. The summed E-state index contributed by atoms with van der Waals surface area (Å²) in [7, 11) is 0. The van der Waals surface area contributed by atoms with Gasteiger partial charge in [0.2, 0.25) is 0 Å². The van der Waals surface area contributed by atoms with E-state index in [1.165, 1.54) is 40.4 Å². The maximum absolute atomic E-state index is 3.61. The topological polar surface area (TPSA) is 12.0 Å². The van der Waals surface area contributed by atoms with Gasteiger partial charge in [-0.1, -0.05) is 22.4 Å². The maximum atomic E-state index is 3.61. The molecular weight excluding hydrogens is 250 g/mol. The van der Waals surface area contributed by atoms with Gasteiger partial charge in [0.1, 0.15) is 0 Å². The van der Waals surface area contributed by atoms with E-state index in [0.29, 0.717) is 6.04 Å². The van der Waals surface area contributed by atoms with Crippen LogP contribution in [-0.2, 0) is 0 Å². The summed E-state index contributed by atoms with van der Waals surface area (Å²) < 4.78 is 1.20. The molecule has 2 heteroatoms. The Kier molecular flexibility index (Phi) is 3.47. The van der Waals surface area contributed by atoms with Crippen LogP contribution in [0.3, 0.4) is 0 Å². The molecule has 1 heterocycles. The minimum Gasteiger partial charge on any atom is -0.310 e. The normalized spacial score (nSPS) is 21.7. The summed E-state index contributed by atoms with van der Waals surface area (Å²) in [6, 6.07) is 5.03. The molecule has 82 valence electrons. The van der Waals surface area contributed by atoms with E-state index in [4.69, 9.17) is 0 Å². The lowest BCUT2D eigenvalue weighted by molar-refractivity contribution is 0.411. The molecule has 1 unspecified atom stereocenters. The van der Waals surface area contributed by atoms with Crippen LogP contribution >= 0.6 is 15.9 Å². The quantitative estimate of drug-likeness (QED) is 0.815. The van der Waals surface area contributed by atoms with Gasteiger partial charge >= 0.3 is 0 Å². The minimum atomic E-state index is 0.565. The molecule has 1 N–H and O–H groups in total. The Hall–Kier alpha value is -0.340. The van der Waals surface area contributed by atoms with Gasteiger partial charge in [-0.05, 0) is 62.1 Å². The minimum absolute atomic E-state index is 0.565. The first kappa shape index (κ1) is 11.2. The number of hydrogen-bond acceptors (Lipinski definition) is 1. The molecule has 0 spiro atoms. The van der Waals surface area contributed by atoms with Crippen molar-refractivity contribution in [1.29, 1.82) is 0 Å². The molecule has 1 aliphatic rings. The summed E-state index contributed by atoms with van der Waals surface area (Å²) >= 11 is 3.59. The van der Waals surface area contributed by atoms with Crippen molar-refractivity contribution >= 4 is 15.9 Å². The van der Waals surface area contributed by atoms with Crippen LogP contribution in [0.5, 0.6) is 0 Å². The van der Waals surface area contributed by atoms with Gasteiger partial charge < -0.3 is 5.32 Å². The van der Waals surface area contributed by atoms with Crippen molar-refractivity contribution in [3.63, 3.8) is 0 Å². The van der Waals surface area contributed by atoms with Crippen LogP contribution in [0.4, 0.5) is 0 Å². The summed E-state index contributed by atoms with van der Waals surface area (Å²) in [5, 5.41) is 3.61. The number of nitrogens with one attached hydrogen (secondary N) is 1. The van der Waals surface area contributed by atoms with Crippen LogP contribution in [0.15, 0.2) is 16.6 Å². The van der Waals surface area contributed by atoms with Crippen molar-refractivity contribution in [3.05, 3.63) is 33.3 Å². The third kappa shape index (κ3) is 2.43. The lowest BCUT2D eigenvalue weighted by Crippen LogP contribution is -2.27. The first-order chi connectivity index (χ1) is 7.18. The van der Waals surface area contributed by atoms with E-state index in [2.05, 4.69) is 47.2 Å². The van der Waals surface area contributed by atoms with Gasteiger partial charge in [0, 0.05) is 10.5 Å². The molecule has 1 saturated heterocycles. The molecule has 1 nitrogen and oxygen atoms in total. The molecule has 1 fully saturated rings. The Labute approximate surface area is 100 Å². The van der Waals surface area contributed by atoms with Crippen molar-refractivity contribution in [2.45, 2.75) is 39.2 Å². The van der Waals surface area contributed by atoms with Crippen LogP contribution in [0, 0.1) is 13.8 Å². The molecule has 0 bridgehead atoms. The highest BCUT2D eigenvalue weighted by atomic mass is 79.9. The number of halogens is 1. The molecule has 1 aromatic rings. The summed E-state index contributed by atoms with van der Waals surface area (Å²) in [5.74, 6) is 0. The first-order valence-electron chi connectivity index (χ1n) is 5.68. The second-order valence-electron chi connectivity index (χ2n) is 4.44. The molecule has 0 aliphatic carbocycles. The van der Waals surface area contributed by atoms with Gasteiger partial charge in [0.05, 0.1) is 0 Å². The molecule has 2 rings (SSSR count). The first-order valence-corrected chi connectivity index (χ1v) is 6.48. The monoisotopic (exact) mass is 267 g/mol.